The molecule has 1 heterocycles. The first-order valence-electron chi connectivity index (χ1n) is 6.30. The van der Waals surface area contributed by atoms with Crippen LogP contribution in [0.3, 0.4) is 0 Å². The number of nitrogens with one attached hydrogen (secondary N) is 1. The molecule has 1 aliphatic rings. The number of hydrogen-bond donors (Lipinski definition) is 1. The van der Waals surface area contributed by atoms with Crippen molar-refractivity contribution in [3.63, 3.8) is 0 Å². The highest BCUT2D eigenvalue weighted by Gasteiger charge is 2.27. The van der Waals surface area contributed by atoms with E-state index in [4.69, 9.17) is 23.8 Å². The first-order chi connectivity index (χ1) is 9.63. The normalized spacial score (nSPS) is 14.5. The molecule has 3 rings (SSSR count). The molecule has 0 atom stereocenters. The summed E-state index contributed by atoms with van der Waals surface area (Å²) in [5, 5.41) is 0.756. The van der Waals surface area contributed by atoms with Gasteiger partial charge < -0.3 is 4.98 Å². The van der Waals surface area contributed by atoms with E-state index in [0.29, 0.717) is 10.6 Å². The van der Waals surface area contributed by atoms with Gasteiger partial charge in [-0.05, 0) is 53.0 Å². The Balaban J connectivity index is 1.77. The van der Waals surface area contributed by atoms with Crippen LogP contribution in [0.5, 0.6) is 0 Å². The standard InChI is InChI=1S/C14H12BrClN2S2/c15-12-13(8-1-2-8)17-11(18-14(12)19)7-20-10-5-3-9(16)4-6-10/h3-6,8H,1-2,7H2,(H,17,18,19). The van der Waals surface area contributed by atoms with Gasteiger partial charge in [-0.15, -0.1) is 11.8 Å². The van der Waals surface area contributed by atoms with Crippen LogP contribution in [0.2, 0.25) is 5.02 Å². The zero-order valence-electron chi connectivity index (χ0n) is 10.5. The maximum atomic E-state index is 5.88. The highest BCUT2D eigenvalue weighted by molar-refractivity contribution is 9.10. The molecule has 1 saturated carbocycles. The number of aromatic amines is 1. The Bertz CT molecular complexity index is 681. The van der Waals surface area contributed by atoms with Crippen molar-refractivity contribution >= 4 is 51.5 Å². The van der Waals surface area contributed by atoms with E-state index < -0.39 is 0 Å². The maximum absolute atomic E-state index is 5.88. The average molecular weight is 388 g/mol. The van der Waals surface area contributed by atoms with Crippen molar-refractivity contribution in [1.29, 1.82) is 0 Å². The zero-order chi connectivity index (χ0) is 14.1. The molecular formula is C14H12BrClN2S2. The van der Waals surface area contributed by atoms with E-state index in [-0.39, 0.29) is 0 Å². The number of benzene rings is 1. The van der Waals surface area contributed by atoms with E-state index >= 15 is 0 Å². The first kappa shape index (κ1) is 14.6. The summed E-state index contributed by atoms with van der Waals surface area (Å²) in [6.45, 7) is 0. The lowest BCUT2D eigenvalue weighted by Gasteiger charge is -2.07. The van der Waals surface area contributed by atoms with Gasteiger partial charge in [-0.3, -0.25) is 0 Å². The Hall–Kier alpha value is -0.360. The van der Waals surface area contributed by atoms with E-state index in [2.05, 4.69) is 25.9 Å². The molecule has 1 aromatic carbocycles. The second kappa shape index (κ2) is 6.18. The highest BCUT2D eigenvalue weighted by atomic mass is 79.9. The summed E-state index contributed by atoms with van der Waals surface area (Å²) < 4.78 is 1.60. The average Bonchev–Trinajstić information content (AvgIpc) is 3.26. The van der Waals surface area contributed by atoms with Gasteiger partial charge in [0.15, 0.2) is 0 Å². The summed E-state index contributed by atoms with van der Waals surface area (Å²) in [7, 11) is 0. The van der Waals surface area contributed by atoms with E-state index in [1.54, 1.807) is 11.8 Å². The second-order valence-electron chi connectivity index (χ2n) is 4.73. The van der Waals surface area contributed by atoms with Crippen LogP contribution >= 0.6 is 51.5 Å². The molecule has 1 fully saturated rings. The molecule has 0 saturated heterocycles. The Morgan fingerprint density at radius 3 is 2.70 bits per heavy atom. The monoisotopic (exact) mass is 386 g/mol. The van der Waals surface area contributed by atoms with Gasteiger partial charge in [0.25, 0.3) is 0 Å². The third-order valence-electron chi connectivity index (χ3n) is 3.11. The second-order valence-corrected chi connectivity index (χ2v) is 7.40. The lowest BCUT2D eigenvalue weighted by atomic mass is 10.3. The van der Waals surface area contributed by atoms with Gasteiger partial charge in [0.2, 0.25) is 0 Å². The summed E-state index contributed by atoms with van der Waals surface area (Å²) in [4.78, 5) is 9.04. The summed E-state index contributed by atoms with van der Waals surface area (Å²) in [5.74, 6) is 2.33. The fourth-order valence-corrected chi connectivity index (χ4v) is 3.56. The zero-order valence-corrected chi connectivity index (χ0v) is 14.5. The number of hydrogen-bond acceptors (Lipinski definition) is 3. The molecule has 0 radical (unpaired) electrons. The number of thioether (sulfide) groups is 1. The van der Waals surface area contributed by atoms with Crippen LogP contribution in [0.1, 0.15) is 30.3 Å². The minimum atomic E-state index is 0.619. The molecule has 20 heavy (non-hydrogen) atoms. The van der Waals surface area contributed by atoms with Crippen molar-refractivity contribution in [3.05, 3.63) is 49.9 Å². The Morgan fingerprint density at radius 2 is 2.05 bits per heavy atom. The number of nitrogens with zero attached hydrogens (tertiary/aromatic N) is 1. The lowest BCUT2D eigenvalue weighted by Crippen LogP contribution is -1.99. The molecule has 0 spiro atoms. The Kier molecular flexibility index (Phi) is 4.50. The van der Waals surface area contributed by atoms with Gasteiger partial charge in [0, 0.05) is 21.5 Å². The van der Waals surface area contributed by atoms with Crippen LogP contribution in [-0.4, -0.2) is 9.97 Å². The largest absolute Gasteiger partial charge is 0.345 e. The fraction of sp³-hybridized carbons (Fsp3) is 0.286. The van der Waals surface area contributed by atoms with Crippen LogP contribution in [0, 0.1) is 4.64 Å². The van der Waals surface area contributed by atoms with E-state index in [9.17, 15) is 0 Å². The molecule has 0 bridgehead atoms. The first-order valence-corrected chi connectivity index (χ1v) is 8.87. The molecule has 6 heteroatoms. The van der Waals surface area contributed by atoms with Crippen molar-refractivity contribution in [3.8, 4) is 0 Å². The summed E-state index contributed by atoms with van der Waals surface area (Å²) in [5.41, 5.74) is 1.21. The van der Waals surface area contributed by atoms with Crippen molar-refractivity contribution in [2.75, 3.05) is 0 Å². The smallest absolute Gasteiger partial charge is 0.144 e. The molecule has 1 aliphatic carbocycles. The molecule has 1 N–H and O–H groups in total. The molecule has 2 nitrogen and oxygen atoms in total. The van der Waals surface area contributed by atoms with Crippen LogP contribution < -0.4 is 0 Å². The maximum Gasteiger partial charge on any atom is 0.144 e. The van der Waals surface area contributed by atoms with Crippen LogP contribution in [0.25, 0.3) is 0 Å². The van der Waals surface area contributed by atoms with Gasteiger partial charge in [-0.2, -0.15) is 0 Å². The van der Waals surface area contributed by atoms with Crippen molar-refractivity contribution in [1.82, 2.24) is 9.97 Å². The minimum Gasteiger partial charge on any atom is -0.345 e. The lowest BCUT2D eigenvalue weighted by molar-refractivity contribution is 0.912. The molecule has 1 aromatic heterocycles. The Morgan fingerprint density at radius 1 is 1.35 bits per heavy atom. The van der Waals surface area contributed by atoms with Crippen LogP contribution in [0.4, 0.5) is 0 Å². The van der Waals surface area contributed by atoms with Crippen LogP contribution in [0.15, 0.2) is 33.6 Å². The third kappa shape index (κ3) is 3.45. The van der Waals surface area contributed by atoms with Gasteiger partial charge in [-0.25, -0.2) is 4.98 Å². The third-order valence-corrected chi connectivity index (χ3v) is 5.75. The summed E-state index contributed by atoms with van der Waals surface area (Å²) in [6.07, 6.45) is 2.47. The van der Waals surface area contributed by atoms with Gasteiger partial charge in [0.1, 0.15) is 10.5 Å². The predicted molar refractivity (Wildman–Crippen MR) is 90.1 cm³/mol. The number of rotatable bonds is 4. The van der Waals surface area contributed by atoms with Crippen molar-refractivity contribution in [2.24, 2.45) is 0 Å². The minimum absolute atomic E-state index is 0.619. The molecule has 0 amide bonds. The molecule has 0 unspecified atom stereocenters. The number of H-pyrrole nitrogens is 1. The topological polar surface area (TPSA) is 28.7 Å². The van der Waals surface area contributed by atoms with Crippen molar-refractivity contribution in [2.45, 2.75) is 29.4 Å². The van der Waals surface area contributed by atoms with E-state index in [1.165, 1.54) is 23.4 Å². The van der Waals surface area contributed by atoms with Crippen LogP contribution in [-0.2, 0) is 5.75 Å². The van der Waals surface area contributed by atoms with Gasteiger partial charge in [-0.1, -0.05) is 23.8 Å². The fourth-order valence-electron chi connectivity index (χ4n) is 1.93. The summed E-state index contributed by atoms with van der Waals surface area (Å²) >= 11 is 16.5. The highest BCUT2D eigenvalue weighted by Crippen LogP contribution is 2.42. The quantitative estimate of drug-likeness (QED) is 0.537. The molecule has 0 aliphatic heterocycles. The molecule has 2 aromatic rings. The number of halogens is 2. The number of aromatic nitrogens is 2. The van der Waals surface area contributed by atoms with E-state index in [0.717, 1.165) is 21.1 Å². The Labute approximate surface area is 140 Å². The predicted octanol–water partition coefficient (Wildman–Crippen LogP) is 5.72. The van der Waals surface area contributed by atoms with Crippen molar-refractivity contribution < 1.29 is 0 Å². The molecule has 104 valence electrons. The van der Waals surface area contributed by atoms with Gasteiger partial charge >= 0.3 is 0 Å². The van der Waals surface area contributed by atoms with Gasteiger partial charge in [0.05, 0.1) is 10.2 Å². The van der Waals surface area contributed by atoms with E-state index in [1.807, 2.05) is 24.3 Å². The SMILES string of the molecule is S=c1nc(CSc2ccc(Cl)cc2)[nH]c(C2CC2)c1Br. The summed E-state index contributed by atoms with van der Waals surface area (Å²) in [6, 6.07) is 7.83. The molecular weight excluding hydrogens is 376 g/mol.